The molecule has 5 heteroatoms. The number of hydrogen-bond acceptors (Lipinski definition) is 2. The van der Waals surface area contributed by atoms with Crippen molar-refractivity contribution in [1.82, 2.24) is 0 Å². The van der Waals surface area contributed by atoms with Gasteiger partial charge in [-0.3, -0.25) is 4.79 Å². The van der Waals surface area contributed by atoms with Crippen LogP contribution in [0, 0.1) is 0 Å². The van der Waals surface area contributed by atoms with Gasteiger partial charge in [-0.15, -0.1) is 11.8 Å². The monoisotopic (exact) mass is 335 g/mol. The lowest BCUT2D eigenvalue weighted by Gasteiger charge is -2.12. The van der Waals surface area contributed by atoms with Gasteiger partial charge in [0, 0.05) is 15.5 Å². The van der Waals surface area contributed by atoms with E-state index in [1.54, 1.807) is 11.8 Å². The summed E-state index contributed by atoms with van der Waals surface area (Å²) in [4.78, 5) is 13.2. The summed E-state index contributed by atoms with van der Waals surface area (Å²) in [6.07, 6.45) is 2.00. The minimum Gasteiger partial charge on any atom is -0.333 e. The van der Waals surface area contributed by atoms with E-state index >= 15 is 0 Å². The smallest absolute Gasteiger partial charge is 0.279 e. The third-order valence-corrected chi connectivity index (χ3v) is 4.44. The van der Waals surface area contributed by atoms with E-state index in [-0.39, 0.29) is 11.9 Å². The molecule has 0 aliphatic rings. The molecule has 22 heavy (non-hydrogen) atoms. The Morgan fingerprint density at radius 1 is 1.27 bits per heavy atom. The fourth-order valence-corrected chi connectivity index (χ4v) is 2.91. The van der Waals surface area contributed by atoms with Crippen LogP contribution < -0.4 is 10.6 Å². The molecule has 0 saturated heterocycles. The van der Waals surface area contributed by atoms with E-state index in [1.165, 1.54) is 0 Å². The van der Waals surface area contributed by atoms with Crippen molar-refractivity contribution in [2.24, 2.45) is 0 Å². The third kappa shape index (κ3) is 4.77. The molecule has 0 aliphatic carbocycles. The molecule has 3 nitrogen and oxygen atoms in total. The summed E-state index contributed by atoms with van der Waals surface area (Å²) in [6.45, 7) is 2.44. The van der Waals surface area contributed by atoms with E-state index in [1.807, 2.05) is 60.1 Å². The average Bonchev–Trinajstić information content (AvgIpc) is 2.53. The Labute approximate surface area is 140 Å². The van der Waals surface area contributed by atoms with Crippen molar-refractivity contribution in [3.8, 4) is 0 Å². The highest BCUT2D eigenvalue weighted by Gasteiger charge is 2.12. The molecule has 0 spiro atoms. The highest BCUT2D eigenvalue weighted by Crippen LogP contribution is 2.24. The third-order valence-electron chi connectivity index (χ3n) is 3.41. The van der Waals surface area contributed by atoms with E-state index in [2.05, 4.69) is 12.2 Å². The number of para-hydroxylation sites is 1. The van der Waals surface area contributed by atoms with Gasteiger partial charge in [-0.05, 0) is 37.4 Å². The molecular weight excluding hydrogens is 316 g/mol. The van der Waals surface area contributed by atoms with Gasteiger partial charge in [0.25, 0.3) is 5.91 Å². The van der Waals surface area contributed by atoms with E-state index in [9.17, 15) is 4.79 Å². The van der Waals surface area contributed by atoms with Gasteiger partial charge in [0.15, 0.2) is 6.54 Å². The lowest BCUT2D eigenvalue weighted by atomic mass is 10.1. The first-order valence-corrected chi connectivity index (χ1v) is 8.72. The van der Waals surface area contributed by atoms with Gasteiger partial charge in [-0.1, -0.05) is 35.9 Å². The zero-order valence-corrected chi connectivity index (χ0v) is 14.2. The maximum atomic E-state index is 12.1. The zero-order valence-electron chi connectivity index (χ0n) is 12.7. The molecule has 0 unspecified atom stereocenters. The van der Waals surface area contributed by atoms with Crippen LogP contribution in [0.1, 0.15) is 18.5 Å². The summed E-state index contributed by atoms with van der Waals surface area (Å²) >= 11 is 7.62. The van der Waals surface area contributed by atoms with Crippen LogP contribution in [-0.4, -0.2) is 18.7 Å². The number of halogens is 1. The van der Waals surface area contributed by atoms with Crippen LogP contribution in [0.3, 0.4) is 0 Å². The fourth-order valence-electron chi connectivity index (χ4n) is 2.16. The summed E-state index contributed by atoms with van der Waals surface area (Å²) in [6, 6.07) is 15.7. The first-order valence-electron chi connectivity index (χ1n) is 7.12. The molecule has 0 radical (unpaired) electrons. The van der Waals surface area contributed by atoms with Crippen molar-refractivity contribution in [2.45, 2.75) is 17.9 Å². The standard InChI is InChI=1S/C17H19ClN2OS/c1-12(13-6-5-7-14(18)10-13)19-11-17(21)20-15-8-3-4-9-16(15)22-2/h3-10,12,19H,11H2,1-2H3,(H,20,21)/p+1/t12-/m0/s1. The van der Waals surface area contributed by atoms with Crippen LogP contribution in [0.5, 0.6) is 0 Å². The quantitative estimate of drug-likeness (QED) is 0.795. The molecule has 0 heterocycles. The number of hydrogen-bond donors (Lipinski definition) is 2. The largest absolute Gasteiger partial charge is 0.333 e. The van der Waals surface area contributed by atoms with Gasteiger partial charge in [0.2, 0.25) is 0 Å². The van der Waals surface area contributed by atoms with Crippen molar-refractivity contribution in [3.63, 3.8) is 0 Å². The van der Waals surface area contributed by atoms with Crippen molar-refractivity contribution >= 4 is 35.0 Å². The number of carbonyl (C=O) groups excluding carboxylic acids is 1. The Morgan fingerprint density at radius 3 is 2.77 bits per heavy atom. The molecule has 0 fully saturated rings. The van der Waals surface area contributed by atoms with Crippen molar-refractivity contribution in [3.05, 3.63) is 59.1 Å². The number of carbonyl (C=O) groups is 1. The van der Waals surface area contributed by atoms with E-state index in [0.29, 0.717) is 6.54 Å². The summed E-state index contributed by atoms with van der Waals surface area (Å²) in [5.74, 6) is -0.00428. The maximum Gasteiger partial charge on any atom is 0.279 e. The number of anilines is 1. The van der Waals surface area contributed by atoms with Gasteiger partial charge in [-0.2, -0.15) is 0 Å². The van der Waals surface area contributed by atoms with Crippen molar-refractivity contribution < 1.29 is 10.1 Å². The second-order valence-electron chi connectivity index (χ2n) is 5.03. The molecule has 1 amide bonds. The molecule has 3 N–H and O–H groups in total. The molecule has 2 aromatic rings. The highest BCUT2D eigenvalue weighted by atomic mass is 35.5. The minimum absolute atomic E-state index is 0.00428. The molecule has 0 bridgehead atoms. The second-order valence-corrected chi connectivity index (χ2v) is 6.32. The van der Waals surface area contributed by atoms with Gasteiger partial charge in [0.1, 0.15) is 6.04 Å². The molecule has 0 aliphatic heterocycles. The lowest BCUT2D eigenvalue weighted by molar-refractivity contribution is -0.682. The number of thioether (sulfide) groups is 1. The van der Waals surface area contributed by atoms with Crippen LogP contribution in [0.2, 0.25) is 5.02 Å². The van der Waals surface area contributed by atoms with E-state index < -0.39 is 0 Å². The Morgan fingerprint density at radius 2 is 2.05 bits per heavy atom. The fraction of sp³-hybridized carbons (Fsp3) is 0.235. The minimum atomic E-state index is -0.00428. The van der Waals surface area contributed by atoms with Crippen LogP contribution in [0.25, 0.3) is 0 Å². The van der Waals surface area contributed by atoms with Gasteiger partial charge in [0.05, 0.1) is 5.69 Å². The normalized spacial score (nSPS) is 12.0. The summed E-state index contributed by atoms with van der Waals surface area (Å²) in [5.41, 5.74) is 1.98. The van der Waals surface area contributed by atoms with E-state index in [4.69, 9.17) is 11.6 Å². The molecular formula is C17H20ClN2OS+. The number of nitrogens with two attached hydrogens (primary N) is 1. The molecule has 0 aromatic heterocycles. The molecule has 1 atom stereocenters. The molecule has 2 rings (SSSR count). The summed E-state index contributed by atoms with van der Waals surface area (Å²) in [5, 5.41) is 5.68. The predicted octanol–water partition coefficient (Wildman–Crippen LogP) is 3.33. The maximum absolute atomic E-state index is 12.1. The Kier molecular flexibility index (Phi) is 6.31. The van der Waals surface area contributed by atoms with Gasteiger partial charge >= 0.3 is 0 Å². The summed E-state index contributed by atoms with van der Waals surface area (Å²) < 4.78 is 0. The van der Waals surface area contributed by atoms with Gasteiger partial charge < -0.3 is 10.6 Å². The topological polar surface area (TPSA) is 45.7 Å². The number of quaternary nitrogens is 1. The molecule has 2 aromatic carbocycles. The van der Waals surface area contributed by atoms with Gasteiger partial charge in [-0.25, -0.2) is 0 Å². The average molecular weight is 336 g/mol. The Bertz CT molecular complexity index is 648. The number of nitrogens with one attached hydrogen (secondary N) is 1. The molecule has 0 saturated carbocycles. The predicted molar refractivity (Wildman–Crippen MR) is 93.5 cm³/mol. The lowest BCUT2D eigenvalue weighted by Crippen LogP contribution is -2.86. The summed E-state index contributed by atoms with van der Waals surface area (Å²) in [7, 11) is 0. The van der Waals surface area contributed by atoms with Crippen LogP contribution >= 0.6 is 23.4 Å². The SMILES string of the molecule is CSc1ccccc1NC(=O)C[NH2+][C@@H](C)c1cccc(Cl)c1. The Balaban J connectivity index is 1.90. The van der Waals surface area contributed by atoms with Crippen molar-refractivity contribution in [1.29, 1.82) is 0 Å². The zero-order chi connectivity index (χ0) is 15.9. The van der Waals surface area contributed by atoms with Crippen LogP contribution in [0.15, 0.2) is 53.4 Å². The Hall–Kier alpha value is -1.49. The van der Waals surface area contributed by atoms with Crippen molar-refractivity contribution in [2.75, 3.05) is 18.1 Å². The molecule has 116 valence electrons. The number of benzene rings is 2. The van der Waals surface area contributed by atoms with E-state index in [0.717, 1.165) is 21.2 Å². The first kappa shape index (κ1) is 16.9. The number of amides is 1. The second kappa shape index (κ2) is 8.22. The van der Waals surface area contributed by atoms with Crippen LogP contribution in [-0.2, 0) is 4.79 Å². The van der Waals surface area contributed by atoms with Crippen LogP contribution in [0.4, 0.5) is 5.69 Å². The number of rotatable bonds is 6. The highest BCUT2D eigenvalue weighted by molar-refractivity contribution is 7.98. The first-order chi connectivity index (χ1) is 10.6.